The first-order chi connectivity index (χ1) is 17.9. The lowest BCUT2D eigenvalue weighted by Crippen LogP contribution is -2.34. The Morgan fingerprint density at radius 2 is 1.70 bits per heavy atom. The van der Waals surface area contributed by atoms with E-state index < -0.39 is 6.43 Å². The highest BCUT2D eigenvalue weighted by molar-refractivity contribution is 6.04. The molecular formula is C28H29F2N3O4. The zero-order chi connectivity index (χ0) is 26.4. The van der Waals surface area contributed by atoms with Crippen molar-refractivity contribution in [2.24, 2.45) is 0 Å². The standard InChI is InChI=1S/C28H29F2N3O4/c1-36-24-9-7-21(14-25(24)37-2)27(34)31-15-18-4-3-5-20(12-18)28(35)32-23-8-6-19-10-11-33(17-26(29)30)16-22(19)13-23/h3-9,12-14,26H,10-11,15-17H2,1-2H3,(H,31,34)(H,32,35). The van der Waals surface area contributed by atoms with Crippen LogP contribution in [0.4, 0.5) is 14.5 Å². The lowest BCUT2D eigenvalue weighted by molar-refractivity contribution is 0.0820. The van der Waals surface area contributed by atoms with Crippen LogP contribution >= 0.6 is 0 Å². The predicted octanol–water partition coefficient (Wildman–Crippen LogP) is 4.51. The number of fused-ring (bicyclic) bond motifs is 1. The van der Waals surface area contributed by atoms with E-state index in [1.54, 1.807) is 41.3 Å². The summed E-state index contributed by atoms with van der Waals surface area (Å²) in [4.78, 5) is 27.2. The van der Waals surface area contributed by atoms with Crippen molar-refractivity contribution in [3.05, 3.63) is 88.5 Å². The van der Waals surface area contributed by atoms with Crippen LogP contribution in [0.25, 0.3) is 0 Å². The van der Waals surface area contributed by atoms with Crippen LogP contribution in [0.1, 0.15) is 37.4 Å². The minimum absolute atomic E-state index is 0.229. The minimum atomic E-state index is -2.37. The molecule has 2 amide bonds. The molecule has 1 aliphatic rings. The summed E-state index contributed by atoms with van der Waals surface area (Å²) in [5, 5.41) is 5.73. The van der Waals surface area contributed by atoms with Crippen molar-refractivity contribution in [1.82, 2.24) is 10.2 Å². The zero-order valence-electron chi connectivity index (χ0n) is 20.7. The molecule has 0 unspecified atom stereocenters. The molecule has 0 aromatic heterocycles. The average molecular weight is 510 g/mol. The van der Waals surface area contributed by atoms with Crippen molar-refractivity contribution < 1.29 is 27.8 Å². The van der Waals surface area contributed by atoms with Crippen LogP contribution in [0.15, 0.2) is 60.7 Å². The highest BCUT2D eigenvalue weighted by Gasteiger charge is 2.20. The predicted molar refractivity (Wildman–Crippen MR) is 137 cm³/mol. The minimum Gasteiger partial charge on any atom is -0.493 e. The van der Waals surface area contributed by atoms with Gasteiger partial charge in [0, 0.05) is 36.4 Å². The molecule has 37 heavy (non-hydrogen) atoms. The normalized spacial score (nSPS) is 13.1. The molecule has 4 rings (SSSR count). The fraction of sp³-hybridized carbons (Fsp3) is 0.286. The van der Waals surface area contributed by atoms with Crippen LogP contribution in [0.5, 0.6) is 11.5 Å². The number of halogens is 2. The monoisotopic (exact) mass is 509 g/mol. The Labute approximate surface area is 214 Å². The van der Waals surface area contributed by atoms with Crippen molar-refractivity contribution in [3.63, 3.8) is 0 Å². The molecule has 7 nitrogen and oxygen atoms in total. The highest BCUT2D eigenvalue weighted by Crippen LogP contribution is 2.27. The Hall–Kier alpha value is -3.98. The van der Waals surface area contributed by atoms with Gasteiger partial charge in [0.1, 0.15) is 0 Å². The van der Waals surface area contributed by atoms with E-state index in [2.05, 4.69) is 10.6 Å². The first-order valence-corrected chi connectivity index (χ1v) is 11.9. The van der Waals surface area contributed by atoms with Crippen LogP contribution in [0.3, 0.4) is 0 Å². The zero-order valence-corrected chi connectivity index (χ0v) is 20.7. The number of anilines is 1. The van der Waals surface area contributed by atoms with Gasteiger partial charge in [0.2, 0.25) is 0 Å². The number of nitrogens with one attached hydrogen (secondary N) is 2. The number of nitrogens with zero attached hydrogens (tertiary/aromatic N) is 1. The van der Waals surface area contributed by atoms with Gasteiger partial charge >= 0.3 is 0 Å². The summed E-state index contributed by atoms with van der Waals surface area (Å²) in [7, 11) is 3.03. The van der Waals surface area contributed by atoms with Gasteiger partial charge in [-0.25, -0.2) is 8.78 Å². The largest absolute Gasteiger partial charge is 0.493 e. The number of carbonyl (C=O) groups is 2. The van der Waals surface area contributed by atoms with Gasteiger partial charge in [-0.2, -0.15) is 0 Å². The summed E-state index contributed by atoms with van der Waals surface area (Å²) in [5.74, 6) is 0.402. The van der Waals surface area contributed by atoms with E-state index >= 15 is 0 Å². The number of methoxy groups -OCH3 is 2. The fourth-order valence-corrected chi connectivity index (χ4v) is 4.33. The van der Waals surface area contributed by atoms with E-state index in [0.717, 1.165) is 16.7 Å². The Balaban J connectivity index is 1.38. The number of ether oxygens (including phenoxy) is 2. The quantitative estimate of drug-likeness (QED) is 0.444. The number of hydrogen-bond acceptors (Lipinski definition) is 5. The number of carbonyl (C=O) groups excluding carboxylic acids is 2. The molecule has 2 N–H and O–H groups in total. The molecule has 0 saturated carbocycles. The van der Waals surface area contributed by atoms with Crippen molar-refractivity contribution >= 4 is 17.5 Å². The van der Waals surface area contributed by atoms with E-state index in [4.69, 9.17) is 9.47 Å². The number of rotatable bonds is 9. The second-order valence-corrected chi connectivity index (χ2v) is 8.77. The van der Waals surface area contributed by atoms with Crippen LogP contribution in [0, 0.1) is 0 Å². The van der Waals surface area contributed by atoms with Crippen molar-refractivity contribution in [2.45, 2.75) is 25.9 Å². The molecule has 0 atom stereocenters. The average Bonchev–Trinajstić information content (AvgIpc) is 2.90. The molecule has 0 bridgehead atoms. The maximum Gasteiger partial charge on any atom is 0.255 e. The lowest BCUT2D eigenvalue weighted by Gasteiger charge is -2.28. The molecule has 9 heteroatoms. The SMILES string of the molecule is COc1ccc(C(=O)NCc2cccc(C(=O)Nc3ccc4c(c3)CN(CC(F)F)CC4)c2)cc1OC. The Bertz CT molecular complexity index is 1280. The van der Waals surface area contributed by atoms with Gasteiger partial charge in [-0.1, -0.05) is 18.2 Å². The molecule has 0 spiro atoms. The van der Waals surface area contributed by atoms with Crippen molar-refractivity contribution in [2.75, 3.05) is 32.6 Å². The summed E-state index contributed by atoms with van der Waals surface area (Å²) < 4.78 is 36.0. The Kier molecular flexibility index (Phi) is 8.35. The maximum atomic E-state index is 12.9. The van der Waals surface area contributed by atoms with E-state index in [0.29, 0.717) is 47.8 Å². The lowest BCUT2D eigenvalue weighted by atomic mass is 9.99. The van der Waals surface area contributed by atoms with Crippen molar-refractivity contribution in [3.8, 4) is 11.5 Å². The smallest absolute Gasteiger partial charge is 0.255 e. The van der Waals surface area contributed by atoms with Gasteiger partial charge in [0.25, 0.3) is 18.2 Å². The van der Waals surface area contributed by atoms with Gasteiger partial charge in [0.05, 0.1) is 20.8 Å². The molecule has 0 radical (unpaired) electrons. The third kappa shape index (κ3) is 6.62. The van der Waals surface area contributed by atoms with E-state index in [1.165, 1.54) is 14.2 Å². The highest BCUT2D eigenvalue weighted by atomic mass is 19.3. The molecule has 0 saturated heterocycles. The second kappa shape index (κ2) is 11.8. The Morgan fingerprint density at radius 3 is 2.46 bits per heavy atom. The summed E-state index contributed by atoms with van der Waals surface area (Å²) in [6.45, 7) is 0.996. The summed E-state index contributed by atoms with van der Waals surface area (Å²) in [6, 6.07) is 17.5. The molecule has 1 heterocycles. The summed E-state index contributed by atoms with van der Waals surface area (Å²) in [5.41, 5.74) is 4.28. The van der Waals surface area contributed by atoms with Gasteiger partial charge < -0.3 is 20.1 Å². The summed E-state index contributed by atoms with van der Waals surface area (Å²) >= 11 is 0. The van der Waals surface area contributed by atoms with E-state index in [-0.39, 0.29) is 24.9 Å². The molecule has 3 aromatic carbocycles. The van der Waals surface area contributed by atoms with Gasteiger partial charge in [-0.05, 0) is 65.6 Å². The molecule has 0 aliphatic carbocycles. The van der Waals surface area contributed by atoms with Crippen LogP contribution in [0.2, 0.25) is 0 Å². The van der Waals surface area contributed by atoms with Gasteiger partial charge in [-0.15, -0.1) is 0 Å². The molecule has 0 fully saturated rings. The van der Waals surface area contributed by atoms with Crippen LogP contribution in [-0.4, -0.2) is 50.4 Å². The summed E-state index contributed by atoms with van der Waals surface area (Å²) in [6.07, 6.45) is -1.67. The molecule has 194 valence electrons. The first kappa shape index (κ1) is 26.1. The molecule has 1 aliphatic heterocycles. The third-order valence-corrected chi connectivity index (χ3v) is 6.24. The molecular weight excluding hydrogens is 480 g/mol. The van der Waals surface area contributed by atoms with E-state index in [1.807, 2.05) is 24.3 Å². The van der Waals surface area contributed by atoms with Gasteiger partial charge in [-0.3, -0.25) is 14.5 Å². The third-order valence-electron chi connectivity index (χ3n) is 6.24. The molecule has 3 aromatic rings. The van der Waals surface area contributed by atoms with Crippen molar-refractivity contribution in [1.29, 1.82) is 0 Å². The Morgan fingerprint density at radius 1 is 0.919 bits per heavy atom. The number of alkyl halides is 2. The number of benzene rings is 3. The van der Waals surface area contributed by atoms with Gasteiger partial charge in [0.15, 0.2) is 11.5 Å². The van der Waals surface area contributed by atoms with Crippen LogP contribution < -0.4 is 20.1 Å². The number of hydrogen-bond donors (Lipinski definition) is 2. The van der Waals surface area contributed by atoms with E-state index in [9.17, 15) is 18.4 Å². The first-order valence-electron chi connectivity index (χ1n) is 11.9. The second-order valence-electron chi connectivity index (χ2n) is 8.77. The fourth-order valence-electron chi connectivity index (χ4n) is 4.33. The topological polar surface area (TPSA) is 79.9 Å². The van der Waals surface area contributed by atoms with Crippen LogP contribution in [-0.2, 0) is 19.5 Å². The number of amides is 2. The maximum absolute atomic E-state index is 12.9.